The molecular formula is C41H54BrN3O7. The number of phenols is 1. The number of nitrogens with one attached hydrogen (secondary N) is 2. The Morgan fingerprint density at radius 2 is 1.77 bits per heavy atom. The fraction of sp³-hybridized carbons (Fsp3) is 0.537. The third kappa shape index (κ3) is 8.61. The van der Waals surface area contributed by atoms with Crippen LogP contribution in [0.3, 0.4) is 0 Å². The summed E-state index contributed by atoms with van der Waals surface area (Å²) >= 11 is 0. The minimum absolute atomic E-state index is 0. The molecule has 5 N–H and O–H groups in total. The lowest BCUT2D eigenvalue weighted by Gasteiger charge is -2.53. The number of halogens is 1. The number of amides is 1. The van der Waals surface area contributed by atoms with E-state index in [0.29, 0.717) is 36.1 Å². The van der Waals surface area contributed by atoms with Crippen molar-refractivity contribution in [2.45, 2.75) is 75.7 Å². The second kappa shape index (κ2) is 16.9. The maximum Gasteiger partial charge on any atom is 0.262 e. The fourth-order valence-corrected chi connectivity index (χ4v) is 8.95. The van der Waals surface area contributed by atoms with Crippen LogP contribution in [0, 0.1) is 11.8 Å². The van der Waals surface area contributed by atoms with Gasteiger partial charge in [0.05, 0.1) is 44.6 Å². The molecule has 4 fully saturated rings. The van der Waals surface area contributed by atoms with Crippen LogP contribution in [0.5, 0.6) is 17.2 Å². The Labute approximate surface area is 317 Å². The number of ether oxygens (including phenoxy) is 3. The number of anilines is 1. The quantitative estimate of drug-likeness (QED) is 0.118. The van der Waals surface area contributed by atoms with Crippen molar-refractivity contribution in [1.82, 2.24) is 5.32 Å². The van der Waals surface area contributed by atoms with E-state index in [0.717, 1.165) is 53.7 Å². The van der Waals surface area contributed by atoms with E-state index >= 15 is 0 Å². The average molecular weight is 781 g/mol. The van der Waals surface area contributed by atoms with Gasteiger partial charge in [0.2, 0.25) is 0 Å². The zero-order valence-corrected chi connectivity index (χ0v) is 31.7. The molecule has 4 heterocycles. The van der Waals surface area contributed by atoms with Gasteiger partial charge >= 0.3 is 0 Å². The molecule has 10 nitrogen and oxygen atoms in total. The number of fused-ring (bicyclic) bond motifs is 4. The summed E-state index contributed by atoms with van der Waals surface area (Å²) in [6, 6.07) is 21.1. The van der Waals surface area contributed by atoms with E-state index in [1.165, 1.54) is 50.9 Å². The van der Waals surface area contributed by atoms with Gasteiger partial charge in [-0.25, -0.2) is 0 Å². The van der Waals surface area contributed by atoms with Crippen LogP contribution in [0.1, 0.15) is 80.7 Å². The molecule has 1 saturated carbocycles. The molecule has 5 aliphatic rings. The van der Waals surface area contributed by atoms with E-state index in [9.17, 15) is 20.1 Å². The number of hydrogen-bond donors (Lipinski definition) is 5. The molecular weight excluding hydrogens is 726 g/mol. The summed E-state index contributed by atoms with van der Waals surface area (Å²) in [7, 11) is 0. The van der Waals surface area contributed by atoms with E-state index in [2.05, 4.69) is 22.8 Å². The number of aliphatic hydroxyl groups excluding tert-OH is 1. The fourth-order valence-electron chi connectivity index (χ4n) is 8.95. The van der Waals surface area contributed by atoms with Crippen molar-refractivity contribution < 1.29 is 55.8 Å². The van der Waals surface area contributed by atoms with Crippen molar-refractivity contribution in [2.75, 3.05) is 57.9 Å². The van der Waals surface area contributed by atoms with Gasteiger partial charge in [0.1, 0.15) is 35.5 Å². The number of rotatable bonds is 15. The number of carbonyl (C=O) groups excluding carboxylic acids is 1. The summed E-state index contributed by atoms with van der Waals surface area (Å²) in [5.41, 5.74) is 1.91. The highest BCUT2D eigenvalue weighted by Gasteiger charge is 2.48. The predicted octanol–water partition coefficient (Wildman–Crippen LogP) is 2.58. The topological polar surface area (TPSA) is 130 Å². The highest BCUT2D eigenvalue weighted by atomic mass is 79.9. The molecule has 0 radical (unpaired) electrons. The van der Waals surface area contributed by atoms with Crippen molar-refractivity contribution in [3.63, 3.8) is 0 Å². The van der Waals surface area contributed by atoms with Gasteiger partial charge < -0.3 is 61.6 Å². The number of aromatic hydroxyl groups is 1. The molecule has 4 atom stereocenters. The summed E-state index contributed by atoms with van der Waals surface area (Å²) < 4.78 is 19.5. The number of phenolic OH excluding ortho intramolecular Hbond substituents is 1. The molecule has 1 amide bonds. The van der Waals surface area contributed by atoms with Crippen molar-refractivity contribution >= 4 is 11.6 Å². The van der Waals surface area contributed by atoms with Gasteiger partial charge in [0.25, 0.3) is 5.91 Å². The average Bonchev–Trinajstić information content (AvgIpc) is 3.71. The summed E-state index contributed by atoms with van der Waals surface area (Å²) in [5, 5.41) is 39.1. The van der Waals surface area contributed by atoms with Crippen LogP contribution < -0.4 is 37.1 Å². The van der Waals surface area contributed by atoms with Crippen LogP contribution in [0.25, 0.3) is 0 Å². The van der Waals surface area contributed by atoms with Crippen LogP contribution in [0.4, 0.5) is 5.69 Å². The molecule has 8 rings (SSSR count). The Bertz CT molecular complexity index is 1630. The zero-order valence-electron chi connectivity index (χ0n) is 30.1. The van der Waals surface area contributed by atoms with E-state index in [1.807, 2.05) is 49.4 Å². The lowest BCUT2D eigenvalue weighted by Crippen LogP contribution is -3.00. The number of hydrogen-bond acceptors (Lipinski definition) is 8. The second-order valence-corrected chi connectivity index (χ2v) is 15.3. The lowest BCUT2D eigenvalue weighted by molar-refractivity contribution is -0.946. The number of quaternary nitrogens is 1. The van der Waals surface area contributed by atoms with Crippen molar-refractivity contribution in [3.8, 4) is 17.2 Å². The molecule has 4 aliphatic heterocycles. The number of nitrogens with zero attached hydrogens (tertiary/aromatic N) is 1. The number of aliphatic hydroxyl groups is 2. The Hall–Kier alpha value is -3.19. The van der Waals surface area contributed by atoms with Crippen molar-refractivity contribution in [1.29, 1.82) is 0 Å². The first-order valence-corrected chi connectivity index (χ1v) is 18.9. The molecule has 1 aliphatic carbocycles. The van der Waals surface area contributed by atoms with E-state index in [-0.39, 0.29) is 59.9 Å². The molecule has 0 unspecified atom stereocenters. The van der Waals surface area contributed by atoms with E-state index in [4.69, 9.17) is 14.2 Å². The van der Waals surface area contributed by atoms with Gasteiger partial charge in [-0.05, 0) is 55.0 Å². The molecule has 11 heteroatoms. The Morgan fingerprint density at radius 1 is 1.04 bits per heavy atom. The highest BCUT2D eigenvalue weighted by molar-refractivity contribution is 5.96. The molecule has 3 aromatic carbocycles. The Morgan fingerprint density at radius 3 is 2.50 bits per heavy atom. The van der Waals surface area contributed by atoms with Crippen molar-refractivity contribution in [3.05, 3.63) is 83.4 Å². The smallest absolute Gasteiger partial charge is 0.262 e. The molecule has 3 aromatic rings. The van der Waals surface area contributed by atoms with Gasteiger partial charge in [-0.2, -0.15) is 0 Å². The molecule has 0 aromatic heterocycles. The lowest BCUT2D eigenvalue weighted by atomic mass is 9.80. The normalized spacial score (nSPS) is 24.9. The zero-order chi connectivity index (χ0) is 35.4. The van der Waals surface area contributed by atoms with Gasteiger partial charge in [-0.3, -0.25) is 4.79 Å². The Balaban J connectivity index is 0.00000464. The maximum absolute atomic E-state index is 12.0. The van der Waals surface area contributed by atoms with Crippen LogP contribution in [0.15, 0.2) is 66.7 Å². The summed E-state index contributed by atoms with van der Waals surface area (Å²) in [6.07, 6.45) is 7.08. The van der Waals surface area contributed by atoms with Crippen LogP contribution >= 0.6 is 0 Å². The number of carbonyl (C=O) groups is 1. The molecule has 52 heavy (non-hydrogen) atoms. The first kappa shape index (κ1) is 38.5. The Kier molecular flexibility index (Phi) is 12.5. The van der Waals surface area contributed by atoms with Gasteiger partial charge in [-0.1, -0.05) is 55.3 Å². The summed E-state index contributed by atoms with van der Waals surface area (Å²) in [5.74, 6) is 1.70. The SMILES string of the molecule is C[C@@H](NC[C@H](O)c1cc(O)cc2c1OCC(=O)N2)c1ccc(OCCC[N+]23CCC(CC2)[C@@H](OC[C@@](O)(c2ccccc2)C2CCCC2)C3)cc1.[Br-]. The van der Waals surface area contributed by atoms with Crippen LogP contribution in [-0.4, -0.2) is 84.4 Å². The molecule has 3 saturated heterocycles. The monoisotopic (exact) mass is 779 g/mol. The van der Waals surface area contributed by atoms with Gasteiger partial charge in [0, 0.05) is 49.4 Å². The molecule has 0 spiro atoms. The molecule has 282 valence electrons. The third-order valence-electron chi connectivity index (χ3n) is 12.0. The van der Waals surface area contributed by atoms with Crippen LogP contribution in [0.2, 0.25) is 0 Å². The van der Waals surface area contributed by atoms with E-state index in [1.54, 1.807) is 0 Å². The van der Waals surface area contributed by atoms with Crippen LogP contribution in [-0.2, 0) is 15.1 Å². The minimum Gasteiger partial charge on any atom is -1.00 e. The second-order valence-electron chi connectivity index (χ2n) is 15.3. The molecule has 2 bridgehead atoms. The summed E-state index contributed by atoms with van der Waals surface area (Å²) in [6.45, 7) is 7.64. The van der Waals surface area contributed by atoms with E-state index < -0.39 is 11.7 Å². The first-order valence-electron chi connectivity index (χ1n) is 18.9. The highest BCUT2D eigenvalue weighted by Crippen LogP contribution is 2.43. The van der Waals surface area contributed by atoms with Crippen molar-refractivity contribution in [2.24, 2.45) is 11.8 Å². The minimum atomic E-state index is -0.945. The first-order chi connectivity index (χ1) is 24.7. The maximum atomic E-state index is 12.0. The number of piperidine rings is 3. The predicted molar refractivity (Wildman–Crippen MR) is 195 cm³/mol. The third-order valence-corrected chi connectivity index (χ3v) is 12.0. The van der Waals surface area contributed by atoms with Gasteiger partial charge in [-0.15, -0.1) is 0 Å². The summed E-state index contributed by atoms with van der Waals surface area (Å²) in [4.78, 5) is 11.7. The largest absolute Gasteiger partial charge is 1.00 e. The standard InChI is InChI=1S/C41H53N3O7.BrH/c1-28(42-24-37(46)35-22-33(45)23-36-40(35)50-26-39(47)43-36)29-12-14-34(15-13-29)49-21-7-18-44-19-16-30(17-20-44)38(25-44)51-27-41(48,32-10-5-6-11-32)31-8-3-2-4-9-31;/h2-4,8-9,12-15,22-23,28,30,32,37-38,42,46,48H,5-7,10-11,16-21,24-27H2,1H3,(H-,43,45,47);1H/t28-,30?,37+,38+,41-,44?;/m1./s1. The number of benzene rings is 3. The van der Waals surface area contributed by atoms with Gasteiger partial charge in [0.15, 0.2) is 6.61 Å².